The summed E-state index contributed by atoms with van der Waals surface area (Å²) in [6.07, 6.45) is 4.74. The largest absolute Gasteiger partial charge is 0.508 e. The van der Waals surface area contributed by atoms with Crippen LogP contribution in [0, 0.1) is 12.8 Å². The molecule has 3 nitrogen and oxygen atoms in total. The molecule has 3 heteroatoms. The molecule has 1 saturated carbocycles. The fourth-order valence-corrected chi connectivity index (χ4v) is 2.29. The molecule has 0 unspecified atom stereocenters. The number of aromatic hydroxyl groups is 1. The minimum absolute atomic E-state index is 0.146. The summed E-state index contributed by atoms with van der Waals surface area (Å²) in [5, 5.41) is 12.5. The number of anilines is 1. The average Bonchev–Trinajstić information content (AvgIpc) is 2.33. The van der Waals surface area contributed by atoms with E-state index in [1.54, 1.807) is 12.1 Å². The summed E-state index contributed by atoms with van der Waals surface area (Å²) in [7, 11) is 0. The van der Waals surface area contributed by atoms with Crippen molar-refractivity contribution in [1.82, 2.24) is 0 Å². The van der Waals surface area contributed by atoms with E-state index in [4.69, 9.17) is 0 Å². The lowest BCUT2D eigenvalue weighted by atomic mass is 9.86. The number of carbonyl (C=O) groups excluding carboxylic acids is 1. The zero-order valence-corrected chi connectivity index (χ0v) is 10.9. The van der Waals surface area contributed by atoms with Crippen LogP contribution < -0.4 is 5.32 Å². The Hall–Kier alpha value is -1.77. The fraction of sp³-hybridized carbons (Fsp3) is 0.400. The highest BCUT2D eigenvalue weighted by atomic mass is 16.3. The standard InChI is InChI=1S/C15H19NO2/c1-10-4-3-5-12(15(10)18)9-16-14-7-6-13(17)8-11(14)2/h6-10,16-17H,3-5H2,1-2H3/b12-9+/t10-/m0/s1. The first-order chi connectivity index (χ1) is 8.58. The van der Waals surface area contributed by atoms with E-state index < -0.39 is 0 Å². The van der Waals surface area contributed by atoms with Gasteiger partial charge in [-0.25, -0.2) is 0 Å². The van der Waals surface area contributed by atoms with E-state index >= 15 is 0 Å². The van der Waals surface area contributed by atoms with Gasteiger partial charge in [0.15, 0.2) is 5.78 Å². The lowest BCUT2D eigenvalue weighted by Crippen LogP contribution is -2.19. The fourth-order valence-electron chi connectivity index (χ4n) is 2.29. The minimum atomic E-state index is 0.146. The van der Waals surface area contributed by atoms with Gasteiger partial charge >= 0.3 is 0 Å². The summed E-state index contributed by atoms with van der Waals surface area (Å²) in [5.41, 5.74) is 2.76. The molecule has 1 aliphatic carbocycles. The Balaban J connectivity index is 2.12. The Morgan fingerprint density at radius 3 is 2.94 bits per heavy atom. The molecule has 0 aromatic heterocycles. The van der Waals surface area contributed by atoms with Crippen molar-refractivity contribution in [3.63, 3.8) is 0 Å². The highest BCUT2D eigenvalue weighted by Gasteiger charge is 2.22. The Kier molecular flexibility index (Phi) is 3.70. The second-order valence-electron chi connectivity index (χ2n) is 4.97. The number of ketones is 1. The van der Waals surface area contributed by atoms with E-state index in [1.807, 2.05) is 26.1 Å². The van der Waals surface area contributed by atoms with Crippen LogP contribution in [0.2, 0.25) is 0 Å². The molecule has 1 atom stereocenters. The van der Waals surface area contributed by atoms with E-state index in [1.165, 1.54) is 0 Å². The van der Waals surface area contributed by atoms with Crippen LogP contribution in [0.5, 0.6) is 5.75 Å². The van der Waals surface area contributed by atoms with Gasteiger partial charge in [-0.2, -0.15) is 0 Å². The maximum absolute atomic E-state index is 11.9. The highest BCUT2D eigenvalue weighted by Crippen LogP contribution is 2.26. The lowest BCUT2D eigenvalue weighted by Gasteiger charge is -2.19. The van der Waals surface area contributed by atoms with Crippen molar-refractivity contribution in [3.05, 3.63) is 35.5 Å². The first-order valence-corrected chi connectivity index (χ1v) is 6.37. The number of nitrogens with one attached hydrogen (secondary N) is 1. The van der Waals surface area contributed by atoms with Crippen LogP contribution in [-0.2, 0) is 4.79 Å². The van der Waals surface area contributed by atoms with Gasteiger partial charge in [0.05, 0.1) is 0 Å². The zero-order valence-electron chi connectivity index (χ0n) is 10.9. The molecule has 2 N–H and O–H groups in total. The van der Waals surface area contributed by atoms with E-state index in [0.717, 1.165) is 36.1 Å². The predicted octanol–water partition coefficient (Wildman–Crippen LogP) is 3.39. The van der Waals surface area contributed by atoms with Gasteiger partial charge in [-0.1, -0.05) is 6.92 Å². The molecule has 1 aromatic carbocycles. The molecule has 0 bridgehead atoms. The molecule has 18 heavy (non-hydrogen) atoms. The van der Waals surface area contributed by atoms with Gasteiger partial charge in [-0.3, -0.25) is 4.79 Å². The van der Waals surface area contributed by atoms with Crippen molar-refractivity contribution < 1.29 is 9.90 Å². The lowest BCUT2D eigenvalue weighted by molar-refractivity contribution is -0.119. The number of aryl methyl sites for hydroxylation is 1. The molecule has 1 aliphatic rings. The number of phenols is 1. The van der Waals surface area contributed by atoms with E-state index in [0.29, 0.717) is 0 Å². The van der Waals surface area contributed by atoms with Gasteiger partial charge in [0.1, 0.15) is 5.75 Å². The van der Waals surface area contributed by atoms with Gasteiger partial charge in [0, 0.05) is 23.4 Å². The maximum atomic E-state index is 11.9. The molecular weight excluding hydrogens is 226 g/mol. The van der Waals surface area contributed by atoms with Crippen LogP contribution in [0.3, 0.4) is 0 Å². The minimum Gasteiger partial charge on any atom is -0.508 e. The summed E-state index contributed by atoms with van der Waals surface area (Å²) >= 11 is 0. The van der Waals surface area contributed by atoms with Gasteiger partial charge in [-0.05, 0) is 49.9 Å². The second kappa shape index (κ2) is 5.25. The van der Waals surface area contributed by atoms with Crippen molar-refractivity contribution in [2.24, 2.45) is 5.92 Å². The Labute approximate surface area is 108 Å². The number of allylic oxidation sites excluding steroid dienone is 1. The molecule has 0 saturated heterocycles. The molecular formula is C15H19NO2. The second-order valence-corrected chi connectivity index (χ2v) is 4.97. The average molecular weight is 245 g/mol. The van der Waals surface area contributed by atoms with Crippen LogP contribution in [0.4, 0.5) is 5.69 Å². The van der Waals surface area contributed by atoms with Crippen molar-refractivity contribution in [1.29, 1.82) is 0 Å². The third-order valence-electron chi connectivity index (χ3n) is 3.46. The first kappa shape index (κ1) is 12.7. The Morgan fingerprint density at radius 1 is 1.44 bits per heavy atom. The van der Waals surface area contributed by atoms with Gasteiger partial charge < -0.3 is 10.4 Å². The summed E-state index contributed by atoms with van der Waals surface area (Å²) < 4.78 is 0. The van der Waals surface area contributed by atoms with E-state index in [9.17, 15) is 9.90 Å². The number of rotatable bonds is 2. The summed E-state index contributed by atoms with van der Waals surface area (Å²) in [6.45, 7) is 3.91. The number of benzene rings is 1. The van der Waals surface area contributed by atoms with Crippen LogP contribution in [0.1, 0.15) is 31.7 Å². The summed E-state index contributed by atoms with van der Waals surface area (Å²) in [6, 6.07) is 5.16. The molecule has 1 fully saturated rings. The van der Waals surface area contributed by atoms with Crippen molar-refractivity contribution >= 4 is 11.5 Å². The SMILES string of the molecule is Cc1cc(O)ccc1N/C=C1\CCC[C@H](C)C1=O. The summed E-state index contributed by atoms with van der Waals surface area (Å²) in [5.74, 6) is 0.658. The van der Waals surface area contributed by atoms with Crippen molar-refractivity contribution in [3.8, 4) is 5.75 Å². The molecule has 0 amide bonds. The normalized spacial score (nSPS) is 22.2. The third kappa shape index (κ3) is 2.73. The third-order valence-corrected chi connectivity index (χ3v) is 3.46. The number of hydrogen-bond acceptors (Lipinski definition) is 3. The molecule has 1 aromatic rings. The molecule has 0 spiro atoms. The quantitative estimate of drug-likeness (QED) is 0.620. The monoisotopic (exact) mass is 245 g/mol. The zero-order chi connectivity index (χ0) is 13.1. The molecule has 0 heterocycles. The van der Waals surface area contributed by atoms with Crippen LogP contribution >= 0.6 is 0 Å². The van der Waals surface area contributed by atoms with Crippen molar-refractivity contribution in [2.75, 3.05) is 5.32 Å². The van der Waals surface area contributed by atoms with E-state index in [2.05, 4.69) is 5.32 Å². The van der Waals surface area contributed by atoms with Gasteiger partial charge in [0.2, 0.25) is 0 Å². The van der Waals surface area contributed by atoms with E-state index in [-0.39, 0.29) is 17.5 Å². The molecule has 0 aliphatic heterocycles. The highest BCUT2D eigenvalue weighted by molar-refractivity contribution is 5.97. The number of carbonyl (C=O) groups is 1. The number of Topliss-reactive ketones (excluding diaryl/α,β-unsaturated/α-hetero) is 1. The first-order valence-electron chi connectivity index (χ1n) is 6.37. The smallest absolute Gasteiger partial charge is 0.163 e. The molecule has 96 valence electrons. The predicted molar refractivity (Wildman–Crippen MR) is 72.6 cm³/mol. The van der Waals surface area contributed by atoms with Crippen LogP contribution in [0.15, 0.2) is 30.0 Å². The van der Waals surface area contributed by atoms with Gasteiger partial charge in [-0.15, -0.1) is 0 Å². The van der Waals surface area contributed by atoms with Crippen molar-refractivity contribution in [2.45, 2.75) is 33.1 Å². The Bertz CT molecular complexity index is 491. The van der Waals surface area contributed by atoms with Gasteiger partial charge in [0.25, 0.3) is 0 Å². The summed E-state index contributed by atoms with van der Waals surface area (Å²) in [4.78, 5) is 11.9. The Morgan fingerprint density at radius 2 is 2.22 bits per heavy atom. The maximum Gasteiger partial charge on any atom is 0.163 e. The molecule has 0 radical (unpaired) electrons. The topological polar surface area (TPSA) is 49.3 Å². The number of phenolic OH excluding ortho intramolecular Hbond substituents is 1. The molecule has 2 rings (SSSR count). The number of hydrogen-bond donors (Lipinski definition) is 2. The van der Waals surface area contributed by atoms with Crippen LogP contribution in [0.25, 0.3) is 0 Å². The van der Waals surface area contributed by atoms with Crippen LogP contribution in [-0.4, -0.2) is 10.9 Å².